The number of carboxylic acid groups (broad SMARTS) is 1. The van der Waals surface area contributed by atoms with E-state index in [4.69, 9.17) is 9.52 Å². The van der Waals surface area contributed by atoms with Crippen molar-refractivity contribution in [1.29, 1.82) is 0 Å². The van der Waals surface area contributed by atoms with Crippen LogP contribution < -0.4 is 5.32 Å². The molecule has 1 rings (SSSR count). The molecule has 0 bridgehead atoms. The van der Waals surface area contributed by atoms with Gasteiger partial charge in [0.2, 0.25) is 0 Å². The Bertz CT molecular complexity index is 481. The summed E-state index contributed by atoms with van der Waals surface area (Å²) in [7, 11) is 0. The highest BCUT2D eigenvalue weighted by Gasteiger charge is 2.19. The summed E-state index contributed by atoms with van der Waals surface area (Å²) in [6, 6.07) is 1.26. The number of carboxylic acids is 1. The van der Waals surface area contributed by atoms with Gasteiger partial charge in [0.1, 0.15) is 11.3 Å². The summed E-state index contributed by atoms with van der Waals surface area (Å²) in [5.41, 5.74) is 1.14. The van der Waals surface area contributed by atoms with Crippen LogP contribution in [0.2, 0.25) is 0 Å². The number of allylic oxidation sites excluding steroid dienone is 1. The lowest BCUT2D eigenvalue weighted by Crippen LogP contribution is -2.22. The molecule has 0 aliphatic rings. The number of aryl methyl sites for hydroxylation is 1. The number of amides is 1. The first-order valence-corrected chi connectivity index (χ1v) is 5.73. The minimum Gasteiger partial charge on any atom is -0.478 e. The van der Waals surface area contributed by atoms with E-state index in [2.05, 4.69) is 5.32 Å². The highest BCUT2D eigenvalue weighted by molar-refractivity contribution is 5.96. The van der Waals surface area contributed by atoms with Crippen molar-refractivity contribution in [3.63, 3.8) is 0 Å². The summed E-state index contributed by atoms with van der Waals surface area (Å²) in [4.78, 5) is 22.6. The molecule has 1 aromatic rings. The van der Waals surface area contributed by atoms with Crippen LogP contribution in [-0.4, -0.2) is 23.5 Å². The SMILES string of the molecule is CCc1oc(C(=O)NCC=C(C)C)cc1C(=O)O. The second-order valence-electron chi connectivity index (χ2n) is 4.10. The van der Waals surface area contributed by atoms with Crippen LogP contribution in [0.25, 0.3) is 0 Å². The molecule has 0 atom stereocenters. The molecule has 0 aliphatic heterocycles. The predicted octanol–water partition coefficient (Wildman–Crippen LogP) is 2.24. The average molecular weight is 251 g/mol. The van der Waals surface area contributed by atoms with Gasteiger partial charge in [-0.25, -0.2) is 4.79 Å². The van der Waals surface area contributed by atoms with Crippen molar-refractivity contribution < 1.29 is 19.1 Å². The van der Waals surface area contributed by atoms with Crippen LogP contribution in [0.3, 0.4) is 0 Å². The predicted molar refractivity (Wildman–Crippen MR) is 66.8 cm³/mol. The number of hydrogen-bond donors (Lipinski definition) is 2. The molecule has 0 aliphatic carbocycles. The number of carbonyl (C=O) groups is 2. The number of aromatic carboxylic acids is 1. The third-order valence-corrected chi connectivity index (χ3v) is 2.36. The zero-order chi connectivity index (χ0) is 13.7. The molecule has 0 aromatic carbocycles. The van der Waals surface area contributed by atoms with Crippen LogP contribution in [0, 0.1) is 0 Å². The molecule has 0 spiro atoms. The van der Waals surface area contributed by atoms with E-state index in [1.54, 1.807) is 6.92 Å². The number of rotatable bonds is 5. The Morgan fingerprint density at radius 2 is 2.11 bits per heavy atom. The first kappa shape index (κ1) is 14.0. The van der Waals surface area contributed by atoms with Crippen LogP contribution >= 0.6 is 0 Å². The fourth-order valence-electron chi connectivity index (χ4n) is 1.42. The third-order valence-electron chi connectivity index (χ3n) is 2.36. The van der Waals surface area contributed by atoms with Gasteiger partial charge in [0.25, 0.3) is 5.91 Å². The van der Waals surface area contributed by atoms with Crippen molar-refractivity contribution in [3.05, 3.63) is 34.8 Å². The largest absolute Gasteiger partial charge is 0.478 e. The Kier molecular flexibility index (Phi) is 4.71. The van der Waals surface area contributed by atoms with Gasteiger partial charge in [0.05, 0.1) is 0 Å². The van der Waals surface area contributed by atoms with Gasteiger partial charge in [-0.05, 0) is 13.8 Å². The number of hydrogen-bond acceptors (Lipinski definition) is 3. The fourth-order valence-corrected chi connectivity index (χ4v) is 1.42. The van der Waals surface area contributed by atoms with Crippen molar-refractivity contribution in [2.24, 2.45) is 0 Å². The van der Waals surface area contributed by atoms with Gasteiger partial charge in [-0.1, -0.05) is 18.6 Å². The van der Waals surface area contributed by atoms with Crippen LogP contribution in [0.1, 0.15) is 47.4 Å². The van der Waals surface area contributed by atoms with Gasteiger partial charge in [0.15, 0.2) is 5.76 Å². The summed E-state index contributed by atoms with van der Waals surface area (Å²) < 4.78 is 5.23. The molecular weight excluding hydrogens is 234 g/mol. The monoisotopic (exact) mass is 251 g/mol. The van der Waals surface area contributed by atoms with Crippen LogP contribution in [0.15, 0.2) is 22.1 Å². The fraction of sp³-hybridized carbons (Fsp3) is 0.385. The molecule has 18 heavy (non-hydrogen) atoms. The van der Waals surface area contributed by atoms with Gasteiger partial charge in [-0.3, -0.25) is 4.79 Å². The molecule has 98 valence electrons. The van der Waals surface area contributed by atoms with Gasteiger partial charge in [0, 0.05) is 19.0 Å². The number of nitrogens with one attached hydrogen (secondary N) is 1. The summed E-state index contributed by atoms with van der Waals surface area (Å²) in [5.74, 6) is -1.14. The summed E-state index contributed by atoms with van der Waals surface area (Å²) >= 11 is 0. The van der Waals surface area contributed by atoms with Crippen molar-refractivity contribution in [3.8, 4) is 0 Å². The molecule has 5 nitrogen and oxygen atoms in total. The normalized spacial score (nSPS) is 9.94. The molecule has 2 N–H and O–H groups in total. The number of furan rings is 1. The lowest BCUT2D eigenvalue weighted by molar-refractivity contribution is 0.0694. The Labute approximate surface area is 105 Å². The van der Waals surface area contributed by atoms with E-state index in [1.807, 2.05) is 19.9 Å². The first-order chi connectivity index (χ1) is 8.45. The first-order valence-electron chi connectivity index (χ1n) is 5.73. The van der Waals surface area contributed by atoms with E-state index < -0.39 is 11.9 Å². The second kappa shape index (κ2) is 6.05. The minimum absolute atomic E-state index is 0.0337. The van der Waals surface area contributed by atoms with Crippen LogP contribution in [0.4, 0.5) is 0 Å². The number of carbonyl (C=O) groups excluding carboxylic acids is 1. The maximum absolute atomic E-state index is 11.7. The third kappa shape index (κ3) is 3.48. The molecule has 1 amide bonds. The zero-order valence-electron chi connectivity index (χ0n) is 10.7. The minimum atomic E-state index is -1.08. The Morgan fingerprint density at radius 3 is 2.56 bits per heavy atom. The molecule has 1 heterocycles. The smallest absolute Gasteiger partial charge is 0.339 e. The van der Waals surface area contributed by atoms with E-state index in [1.165, 1.54) is 6.07 Å². The van der Waals surface area contributed by atoms with Gasteiger partial charge in [-0.2, -0.15) is 0 Å². The van der Waals surface area contributed by atoms with Crippen LogP contribution in [-0.2, 0) is 6.42 Å². The highest BCUT2D eigenvalue weighted by Crippen LogP contribution is 2.16. The maximum Gasteiger partial charge on any atom is 0.339 e. The second-order valence-corrected chi connectivity index (χ2v) is 4.10. The zero-order valence-corrected chi connectivity index (χ0v) is 10.7. The summed E-state index contributed by atoms with van der Waals surface area (Å²) in [6.07, 6.45) is 2.29. The maximum atomic E-state index is 11.7. The standard InChI is InChI=1S/C13H17NO4/c1-4-10-9(13(16)17)7-11(18-10)12(15)14-6-5-8(2)3/h5,7H,4,6H2,1-3H3,(H,14,15)(H,16,17). The van der Waals surface area contributed by atoms with E-state index in [9.17, 15) is 9.59 Å². The quantitative estimate of drug-likeness (QED) is 0.786. The van der Waals surface area contributed by atoms with E-state index in [-0.39, 0.29) is 11.3 Å². The lowest BCUT2D eigenvalue weighted by Gasteiger charge is -1.99. The molecule has 1 aromatic heterocycles. The van der Waals surface area contributed by atoms with Crippen molar-refractivity contribution >= 4 is 11.9 Å². The molecule has 0 radical (unpaired) electrons. The van der Waals surface area contributed by atoms with E-state index in [0.717, 1.165) is 5.57 Å². The van der Waals surface area contributed by atoms with Gasteiger partial charge in [-0.15, -0.1) is 0 Å². The molecule has 5 heteroatoms. The molecule has 0 saturated heterocycles. The Hall–Kier alpha value is -2.04. The summed E-state index contributed by atoms with van der Waals surface area (Å²) in [5, 5.41) is 11.6. The lowest BCUT2D eigenvalue weighted by atomic mass is 10.2. The highest BCUT2D eigenvalue weighted by atomic mass is 16.4. The van der Waals surface area contributed by atoms with Gasteiger partial charge >= 0.3 is 5.97 Å². The molecule has 0 fully saturated rings. The Balaban J connectivity index is 2.80. The average Bonchev–Trinajstić information content (AvgIpc) is 2.72. The van der Waals surface area contributed by atoms with Crippen molar-refractivity contribution in [2.75, 3.05) is 6.54 Å². The van der Waals surface area contributed by atoms with Crippen LogP contribution in [0.5, 0.6) is 0 Å². The molecule has 0 unspecified atom stereocenters. The van der Waals surface area contributed by atoms with Crippen molar-refractivity contribution in [2.45, 2.75) is 27.2 Å². The van der Waals surface area contributed by atoms with Crippen molar-refractivity contribution in [1.82, 2.24) is 5.32 Å². The topological polar surface area (TPSA) is 79.5 Å². The molecule has 0 saturated carbocycles. The van der Waals surface area contributed by atoms with E-state index in [0.29, 0.717) is 18.7 Å². The summed E-state index contributed by atoms with van der Waals surface area (Å²) in [6.45, 7) is 6.02. The van der Waals surface area contributed by atoms with Gasteiger partial charge < -0.3 is 14.8 Å². The van der Waals surface area contributed by atoms with E-state index >= 15 is 0 Å². The molecular formula is C13H17NO4. The Morgan fingerprint density at radius 1 is 1.44 bits per heavy atom.